The van der Waals surface area contributed by atoms with Crippen molar-refractivity contribution < 1.29 is 0 Å². The van der Waals surface area contributed by atoms with E-state index in [9.17, 15) is 0 Å². The number of nitrogens with zero attached hydrogens (tertiary/aromatic N) is 5. The highest BCUT2D eigenvalue weighted by Gasteiger charge is 2.04. The molecule has 0 amide bonds. The lowest BCUT2D eigenvalue weighted by atomic mass is 10.5. The summed E-state index contributed by atoms with van der Waals surface area (Å²) in [6.45, 7) is 0.509. The molecule has 0 saturated heterocycles. The van der Waals surface area contributed by atoms with Gasteiger partial charge in [0.25, 0.3) is 0 Å². The van der Waals surface area contributed by atoms with E-state index in [0.29, 0.717) is 17.5 Å². The van der Waals surface area contributed by atoms with Crippen molar-refractivity contribution in [3.8, 4) is 0 Å². The number of nitrogens with one attached hydrogen (secondary N) is 1. The van der Waals surface area contributed by atoms with E-state index in [1.807, 2.05) is 11.6 Å². The van der Waals surface area contributed by atoms with Crippen LogP contribution in [0, 0.1) is 0 Å². The van der Waals surface area contributed by atoms with Crippen molar-refractivity contribution in [3.63, 3.8) is 0 Å². The van der Waals surface area contributed by atoms with Crippen LogP contribution in [0.25, 0.3) is 0 Å². The Hall–Kier alpha value is -1.69. The Balaban J connectivity index is 2.06. The average Bonchev–Trinajstić information content (AvgIpc) is 2.63. The monoisotopic (exact) mass is 224 g/mol. The van der Waals surface area contributed by atoms with Crippen molar-refractivity contribution in [2.45, 2.75) is 6.54 Å². The summed E-state index contributed by atoms with van der Waals surface area (Å²) in [6.07, 6.45) is 4.75. The van der Waals surface area contributed by atoms with Gasteiger partial charge in [0.1, 0.15) is 6.33 Å². The summed E-state index contributed by atoms with van der Waals surface area (Å²) in [5, 5.41) is 11.1. The van der Waals surface area contributed by atoms with Crippen molar-refractivity contribution in [1.82, 2.24) is 24.7 Å². The first-order valence-corrected chi connectivity index (χ1v) is 4.68. The van der Waals surface area contributed by atoms with Crippen LogP contribution in [-0.4, -0.2) is 24.7 Å². The molecule has 0 spiro atoms. The summed E-state index contributed by atoms with van der Waals surface area (Å²) in [5.74, 6) is 1.35. The summed E-state index contributed by atoms with van der Waals surface area (Å²) < 4.78 is 1.82. The van der Waals surface area contributed by atoms with Crippen LogP contribution >= 0.6 is 11.6 Å². The average molecular weight is 225 g/mol. The van der Waals surface area contributed by atoms with Crippen LogP contribution in [0.3, 0.4) is 0 Å². The predicted octanol–water partition coefficient (Wildman–Crippen LogP) is 0.871. The van der Waals surface area contributed by atoms with E-state index >= 15 is 0 Å². The van der Waals surface area contributed by atoms with Gasteiger partial charge in [0, 0.05) is 19.4 Å². The molecule has 0 bridgehead atoms. The Labute approximate surface area is 91.3 Å². The van der Waals surface area contributed by atoms with Crippen LogP contribution in [0.1, 0.15) is 5.82 Å². The minimum absolute atomic E-state index is 0.347. The second-order valence-corrected chi connectivity index (χ2v) is 3.27. The maximum absolute atomic E-state index is 5.83. The van der Waals surface area contributed by atoms with Gasteiger partial charge in [0.05, 0.1) is 6.54 Å². The number of aryl methyl sites for hydroxylation is 1. The standard InChI is InChI=1S/C8H9ClN6/c1-15-5-13-14-6(15)4-12-8-7(9)10-2-3-11-8/h2-3,5H,4H2,1H3,(H,11,12). The smallest absolute Gasteiger partial charge is 0.171 e. The van der Waals surface area contributed by atoms with E-state index < -0.39 is 0 Å². The zero-order valence-electron chi connectivity index (χ0n) is 8.05. The summed E-state index contributed by atoms with van der Waals surface area (Å²) in [7, 11) is 1.87. The molecule has 2 rings (SSSR count). The molecule has 0 radical (unpaired) electrons. The molecule has 2 aromatic rings. The minimum atomic E-state index is 0.347. The van der Waals surface area contributed by atoms with Crippen LogP contribution in [0.15, 0.2) is 18.7 Å². The normalized spacial score (nSPS) is 10.3. The summed E-state index contributed by atoms with van der Waals surface area (Å²) >= 11 is 5.83. The molecule has 0 aliphatic carbocycles. The molecule has 15 heavy (non-hydrogen) atoms. The van der Waals surface area contributed by atoms with Gasteiger partial charge in [-0.15, -0.1) is 10.2 Å². The van der Waals surface area contributed by atoms with Gasteiger partial charge in [-0.2, -0.15) is 0 Å². The highest BCUT2D eigenvalue weighted by atomic mass is 35.5. The molecule has 0 aliphatic heterocycles. The third kappa shape index (κ3) is 2.21. The van der Waals surface area contributed by atoms with Crippen LogP contribution in [0.5, 0.6) is 0 Å². The lowest BCUT2D eigenvalue weighted by Crippen LogP contribution is -2.07. The van der Waals surface area contributed by atoms with E-state index in [1.165, 1.54) is 6.20 Å². The molecule has 0 fully saturated rings. The van der Waals surface area contributed by atoms with Crippen LogP contribution in [0.4, 0.5) is 5.82 Å². The van der Waals surface area contributed by atoms with E-state index in [2.05, 4.69) is 25.5 Å². The summed E-state index contributed by atoms with van der Waals surface area (Å²) in [5.41, 5.74) is 0. The van der Waals surface area contributed by atoms with Gasteiger partial charge in [0.15, 0.2) is 16.8 Å². The first-order valence-electron chi connectivity index (χ1n) is 4.30. The Kier molecular flexibility index (Phi) is 2.77. The minimum Gasteiger partial charge on any atom is -0.360 e. The first-order chi connectivity index (χ1) is 7.27. The van der Waals surface area contributed by atoms with Crippen molar-refractivity contribution in [2.75, 3.05) is 5.32 Å². The summed E-state index contributed by atoms with van der Waals surface area (Å²) in [4.78, 5) is 7.94. The maximum atomic E-state index is 5.83. The molecular weight excluding hydrogens is 216 g/mol. The van der Waals surface area contributed by atoms with E-state index in [-0.39, 0.29) is 0 Å². The predicted molar refractivity (Wildman–Crippen MR) is 55.4 cm³/mol. The van der Waals surface area contributed by atoms with Gasteiger partial charge in [-0.3, -0.25) is 0 Å². The van der Waals surface area contributed by atoms with Crippen LogP contribution in [-0.2, 0) is 13.6 Å². The topological polar surface area (TPSA) is 68.5 Å². The third-order valence-corrected chi connectivity index (χ3v) is 2.15. The molecule has 0 atom stereocenters. The van der Waals surface area contributed by atoms with E-state index in [0.717, 1.165) is 5.82 Å². The molecule has 78 valence electrons. The van der Waals surface area contributed by atoms with Crippen LogP contribution < -0.4 is 5.32 Å². The molecule has 6 nitrogen and oxygen atoms in total. The Morgan fingerprint density at radius 2 is 2.20 bits per heavy atom. The number of hydrogen-bond acceptors (Lipinski definition) is 5. The van der Waals surface area contributed by atoms with Gasteiger partial charge < -0.3 is 9.88 Å². The molecule has 1 N–H and O–H groups in total. The fourth-order valence-corrected chi connectivity index (χ4v) is 1.24. The van der Waals surface area contributed by atoms with Crippen molar-refractivity contribution in [2.24, 2.45) is 7.05 Å². The fraction of sp³-hybridized carbons (Fsp3) is 0.250. The number of aromatic nitrogens is 5. The Morgan fingerprint density at radius 3 is 2.87 bits per heavy atom. The van der Waals surface area contributed by atoms with Gasteiger partial charge in [0.2, 0.25) is 0 Å². The lowest BCUT2D eigenvalue weighted by Gasteiger charge is -2.04. The number of anilines is 1. The second-order valence-electron chi connectivity index (χ2n) is 2.91. The van der Waals surface area contributed by atoms with Gasteiger partial charge in [-0.05, 0) is 0 Å². The molecule has 0 aromatic carbocycles. The van der Waals surface area contributed by atoms with Crippen molar-refractivity contribution >= 4 is 17.4 Å². The second kappa shape index (κ2) is 4.22. The molecule has 0 aliphatic rings. The van der Waals surface area contributed by atoms with E-state index in [4.69, 9.17) is 11.6 Å². The van der Waals surface area contributed by atoms with Gasteiger partial charge >= 0.3 is 0 Å². The SMILES string of the molecule is Cn1cnnc1CNc1nccnc1Cl. The molecule has 2 heterocycles. The van der Waals surface area contributed by atoms with Crippen LogP contribution in [0.2, 0.25) is 5.15 Å². The number of hydrogen-bond donors (Lipinski definition) is 1. The van der Waals surface area contributed by atoms with Gasteiger partial charge in [-0.1, -0.05) is 11.6 Å². The first kappa shape index (κ1) is 9.85. The molecular formula is C8H9ClN6. The Bertz CT molecular complexity index is 454. The summed E-state index contributed by atoms with van der Waals surface area (Å²) in [6, 6.07) is 0. The Morgan fingerprint density at radius 1 is 1.40 bits per heavy atom. The number of rotatable bonds is 3. The van der Waals surface area contributed by atoms with Gasteiger partial charge in [-0.25, -0.2) is 9.97 Å². The van der Waals surface area contributed by atoms with Crippen molar-refractivity contribution in [3.05, 3.63) is 29.7 Å². The van der Waals surface area contributed by atoms with Crippen molar-refractivity contribution in [1.29, 1.82) is 0 Å². The maximum Gasteiger partial charge on any atom is 0.171 e. The largest absolute Gasteiger partial charge is 0.360 e. The highest BCUT2D eigenvalue weighted by Crippen LogP contribution is 2.14. The van der Waals surface area contributed by atoms with E-state index in [1.54, 1.807) is 12.5 Å². The molecule has 0 saturated carbocycles. The molecule has 2 aromatic heterocycles. The lowest BCUT2D eigenvalue weighted by molar-refractivity contribution is 0.809. The quantitative estimate of drug-likeness (QED) is 0.838. The zero-order chi connectivity index (χ0) is 10.7. The highest BCUT2D eigenvalue weighted by molar-refractivity contribution is 6.31. The fourth-order valence-electron chi connectivity index (χ4n) is 1.07. The molecule has 0 unspecified atom stereocenters. The zero-order valence-corrected chi connectivity index (χ0v) is 8.81. The third-order valence-electron chi connectivity index (χ3n) is 1.87. The molecule has 7 heteroatoms. The number of halogens is 1.